The van der Waals surface area contributed by atoms with E-state index >= 15 is 0 Å². The quantitative estimate of drug-likeness (QED) is 0.440. The topological polar surface area (TPSA) is 66.5 Å². The van der Waals surface area contributed by atoms with E-state index in [1.54, 1.807) is 24.3 Å². The zero-order chi connectivity index (χ0) is 11.5. The lowest BCUT2D eigenvalue weighted by Gasteiger charge is -2.13. The number of nitrogens with one attached hydrogen (secondary N) is 1. The molecular weight excluding hydrogens is 208 g/mol. The van der Waals surface area contributed by atoms with Crippen LogP contribution in [0.4, 0.5) is 0 Å². The largest absolute Gasteiger partial charge is 0.302 e. The van der Waals surface area contributed by atoms with Crippen LogP contribution in [0.5, 0.6) is 0 Å². The Labute approximate surface area is 92.0 Å². The summed E-state index contributed by atoms with van der Waals surface area (Å²) in [5.74, 6) is -0.641. The SMILES string of the molecule is O=CCNCN1C(=O)c2ccccc2C1=O. The second kappa shape index (κ2) is 4.24. The molecule has 1 aliphatic rings. The van der Waals surface area contributed by atoms with Crippen molar-refractivity contribution in [2.24, 2.45) is 0 Å². The van der Waals surface area contributed by atoms with E-state index in [0.717, 1.165) is 4.90 Å². The van der Waals surface area contributed by atoms with Crippen molar-refractivity contribution in [3.8, 4) is 0 Å². The lowest BCUT2D eigenvalue weighted by Crippen LogP contribution is -2.38. The third kappa shape index (κ3) is 1.61. The van der Waals surface area contributed by atoms with Gasteiger partial charge in [-0.3, -0.25) is 19.8 Å². The molecule has 0 saturated heterocycles. The predicted molar refractivity (Wildman–Crippen MR) is 55.9 cm³/mol. The van der Waals surface area contributed by atoms with E-state index in [4.69, 9.17) is 0 Å². The summed E-state index contributed by atoms with van der Waals surface area (Å²) in [6.45, 7) is 0.179. The average molecular weight is 218 g/mol. The van der Waals surface area contributed by atoms with Gasteiger partial charge in [-0.1, -0.05) is 12.1 Å². The normalized spacial score (nSPS) is 14.1. The molecule has 5 nitrogen and oxygen atoms in total. The van der Waals surface area contributed by atoms with Crippen molar-refractivity contribution in [2.45, 2.75) is 0 Å². The van der Waals surface area contributed by atoms with Crippen molar-refractivity contribution in [1.82, 2.24) is 10.2 Å². The number of carbonyl (C=O) groups is 3. The first-order valence-electron chi connectivity index (χ1n) is 4.85. The number of imide groups is 1. The van der Waals surface area contributed by atoms with Gasteiger partial charge in [0.2, 0.25) is 0 Å². The molecule has 2 amide bonds. The van der Waals surface area contributed by atoms with Crippen molar-refractivity contribution in [3.05, 3.63) is 35.4 Å². The molecule has 1 heterocycles. The number of fused-ring (bicyclic) bond motifs is 1. The van der Waals surface area contributed by atoms with Crippen LogP contribution in [0, 0.1) is 0 Å². The molecule has 5 heteroatoms. The van der Waals surface area contributed by atoms with Crippen LogP contribution >= 0.6 is 0 Å². The number of amides is 2. The summed E-state index contributed by atoms with van der Waals surface area (Å²) in [6.07, 6.45) is 0.679. The van der Waals surface area contributed by atoms with Crippen LogP contribution in [0.3, 0.4) is 0 Å². The maximum absolute atomic E-state index is 11.8. The fourth-order valence-electron chi connectivity index (χ4n) is 1.62. The molecule has 82 valence electrons. The highest BCUT2D eigenvalue weighted by Gasteiger charge is 2.34. The highest BCUT2D eigenvalue weighted by Crippen LogP contribution is 2.21. The van der Waals surface area contributed by atoms with Gasteiger partial charge in [-0.25, -0.2) is 0 Å². The maximum Gasteiger partial charge on any atom is 0.262 e. The van der Waals surface area contributed by atoms with Crippen molar-refractivity contribution < 1.29 is 14.4 Å². The summed E-state index contributed by atoms with van der Waals surface area (Å²) in [6, 6.07) is 6.67. The van der Waals surface area contributed by atoms with Crippen molar-refractivity contribution in [3.63, 3.8) is 0 Å². The smallest absolute Gasteiger partial charge is 0.262 e. The Morgan fingerprint density at radius 1 is 1.12 bits per heavy atom. The number of rotatable bonds is 4. The van der Waals surface area contributed by atoms with Gasteiger partial charge in [0, 0.05) is 0 Å². The Morgan fingerprint density at radius 3 is 2.19 bits per heavy atom. The summed E-state index contributed by atoms with van der Waals surface area (Å²) < 4.78 is 0. The van der Waals surface area contributed by atoms with Crippen LogP contribution in [0.2, 0.25) is 0 Å². The molecule has 0 aromatic heterocycles. The highest BCUT2D eigenvalue weighted by molar-refractivity contribution is 6.21. The number of hydrogen-bond acceptors (Lipinski definition) is 4. The third-order valence-corrected chi connectivity index (χ3v) is 2.38. The van der Waals surface area contributed by atoms with Gasteiger partial charge in [0.1, 0.15) is 6.29 Å². The number of benzene rings is 1. The van der Waals surface area contributed by atoms with Crippen LogP contribution < -0.4 is 5.32 Å². The number of aldehydes is 1. The van der Waals surface area contributed by atoms with Gasteiger partial charge in [0.25, 0.3) is 11.8 Å². The van der Waals surface area contributed by atoms with Crippen molar-refractivity contribution in [2.75, 3.05) is 13.2 Å². The molecule has 0 atom stereocenters. The van der Waals surface area contributed by atoms with Gasteiger partial charge in [-0.2, -0.15) is 0 Å². The molecule has 1 aliphatic heterocycles. The average Bonchev–Trinajstić information content (AvgIpc) is 2.55. The molecular formula is C11H10N2O3. The van der Waals surface area contributed by atoms with Gasteiger partial charge in [-0.05, 0) is 12.1 Å². The predicted octanol–water partition coefficient (Wildman–Crippen LogP) is 0.0286. The molecule has 16 heavy (non-hydrogen) atoms. The first-order valence-corrected chi connectivity index (χ1v) is 4.85. The van der Waals surface area contributed by atoms with E-state index in [1.807, 2.05) is 0 Å². The van der Waals surface area contributed by atoms with E-state index in [0.29, 0.717) is 17.4 Å². The summed E-state index contributed by atoms with van der Waals surface area (Å²) in [5, 5.41) is 2.69. The molecule has 1 aromatic rings. The highest BCUT2D eigenvalue weighted by atomic mass is 16.2. The molecule has 2 rings (SSSR count). The van der Waals surface area contributed by atoms with Gasteiger partial charge < -0.3 is 4.79 Å². The van der Waals surface area contributed by atoms with E-state index in [1.165, 1.54) is 0 Å². The van der Waals surface area contributed by atoms with Crippen LogP contribution in [0.25, 0.3) is 0 Å². The van der Waals surface area contributed by atoms with E-state index in [-0.39, 0.29) is 25.0 Å². The zero-order valence-electron chi connectivity index (χ0n) is 8.47. The Bertz CT molecular complexity index is 421. The van der Waals surface area contributed by atoms with Crippen molar-refractivity contribution >= 4 is 18.1 Å². The molecule has 0 spiro atoms. The third-order valence-electron chi connectivity index (χ3n) is 2.38. The Hall–Kier alpha value is -2.01. The fraction of sp³-hybridized carbons (Fsp3) is 0.182. The minimum Gasteiger partial charge on any atom is -0.302 e. The second-order valence-electron chi connectivity index (χ2n) is 3.36. The van der Waals surface area contributed by atoms with Gasteiger partial charge in [0.15, 0.2) is 0 Å². The number of carbonyl (C=O) groups excluding carboxylic acids is 3. The Balaban J connectivity index is 2.18. The monoisotopic (exact) mass is 218 g/mol. The minimum absolute atomic E-state index is 0.0606. The van der Waals surface area contributed by atoms with Crippen molar-refractivity contribution in [1.29, 1.82) is 0 Å². The molecule has 0 bridgehead atoms. The van der Waals surface area contributed by atoms with Crippen LogP contribution in [-0.4, -0.2) is 36.2 Å². The summed E-state index contributed by atoms with van der Waals surface area (Å²) in [5.41, 5.74) is 0.834. The Kier molecular flexibility index (Phi) is 2.78. The summed E-state index contributed by atoms with van der Waals surface area (Å²) in [4.78, 5) is 34.8. The molecule has 0 fully saturated rings. The number of nitrogens with zero attached hydrogens (tertiary/aromatic N) is 1. The lowest BCUT2D eigenvalue weighted by atomic mass is 10.1. The first-order chi connectivity index (χ1) is 7.75. The molecule has 0 aliphatic carbocycles. The summed E-state index contributed by atoms with van der Waals surface area (Å²) >= 11 is 0. The number of hydrogen-bond donors (Lipinski definition) is 1. The minimum atomic E-state index is -0.320. The van der Waals surface area contributed by atoms with Gasteiger partial charge >= 0.3 is 0 Å². The second-order valence-corrected chi connectivity index (χ2v) is 3.36. The van der Waals surface area contributed by atoms with E-state index in [2.05, 4.69) is 5.32 Å². The molecule has 0 saturated carbocycles. The van der Waals surface area contributed by atoms with Gasteiger partial charge in [0.05, 0.1) is 24.3 Å². The standard InChI is InChI=1S/C11H10N2O3/c14-6-5-12-7-13-10(15)8-3-1-2-4-9(8)11(13)16/h1-4,6,12H,5,7H2. The van der Waals surface area contributed by atoms with Gasteiger partial charge in [-0.15, -0.1) is 0 Å². The lowest BCUT2D eigenvalue weighted by molar-refractivity contribution is -0.107. The van der Waals surface area contributed by atoms with Crippen LogP contribution in [-0.2, 0) is 4.79 Å². The van der Waals surface area contributed by atoms with Crippen LogP contribution in [0.1, 0.15) is 20.7 Å². The molecule has 0 radical (unpaired) electrons. The zero-order valence-corrected chi connectivity index (χ0v) is 8.47. The fourth-order valence-corrected chi connectivity index (χ4v) is 1.62. The molecule has 1 aromatic carbocycles. The summed E-state index contributed by atoms with van der Waals surface area (Å²) in [7, 11) is 0. The molecule has 1 N–H and O–H groups in total. The Morgan fingerprint density at radius 2 is 1.69 bits per heavy atom. The maximum atomic E-state index is 11.8. The molecule has 0 unspecified atom stereocenters. The van der Waals surface area contributed by atoms with Crippen LogP contribution in [0.15, 0.2) is 24.3 Å². The van der Waals surface area contributed by atoms with E-state index in [9.17, 15) is 14.4 Å². The first kappa shape index (κ1) is 10.5. The van der Waals surface area contributed by atoms with E-state index < -0.39 is 0 Å².